The molecule has 13 heavy (non-hydrogen) atoms. The molecule has 2 atom stereocenters. The zero-order chi connectivity index (χ0) is 9.26. The van der Waals surface area contributed by atoms with Gasteiger partial charge in [0, 0.05) is 12.1 Å². The Bertz CT molecular complexity index is 159. The lowest BCUT2D eigenvalue weighted by Gasteiger charge is -2.43. The van der Waals surface area contributed by atoms with E-state index < -0.39 is 0 Å². The number of hydrogen-bond acceptors (Lipinski definition) is 1. The average molecular weight is 181 g/mol. The SMILES string of the molecule is CCC(C)NC1CC2CCC1CC2. The van der Waals surface area contributed by atoms with Crippen molar-refractivity contribution < 1.29 is 0 Å². The molecule has 0 saturated heterocycles. The van der Waals surface area contributed by atoms with Crippen molar-refractivity contribution in [1.82, 2.24) is 5.32 Å². The van der Waals surface area contributed by atoms with Gasteiger partial charge in [0.05, 0.1) is 0 Å². The Labute approximate surface area is 82.3 Å². The molecule has 76 valence electrons. The number of nitrogens with one attached hydrogen (secondary N) is 1. The maximum atomic E-state index is 3.80. The van der Waals surface area contributed by atoms with E-state index in [4.69, 9.17) is 0 Å². The summed E-state index contributed by atoms with van der Waals surface area (Å²) in [6.07, 6.45) is 8.77. The largest absolute Gasteiger partial charge is 0.311 e. The van der Waals surface area contributed by atoms with Crippen molar-refractivity contribution >= 4 is 0 Å². The summed E-state index contributed by atoms with van der Waals surface area (Å²) in [7, 11) is 0. The minimum atomic E-state index is 0.726. The number of rotatable bonds is 3. The molecular weight excluding hydrogens is 158 g/mol. The third-order valence-corrected chi connectivity index (χ3v) is 4.16. The zero-order valence-electron chi connectivity index (χ0n) is 9.05. The van der Waals surface area contributed by atoms with E-state index in [1.165, 1.54) is 38.5 Å². The van der Waals surface area contributed by atoms with Gasteiger partial charge in [-0.2, -0.15) is 0 Å². The summed E-state index contributed by atoms with van der Waals surface area (Å²) in [6, 6.07) is 1.59. The minimum absolute atomic E-state index is 0.726. The van der Waals surface area contributed by atoms with Gasteiger partial charge < -0.3 is 5.32 Å². The fourth-order valence-corrected chi connectivity index (χ4v) is 3.07. The molecule has 3 aliphatic rings. The Kier molecular flexibility index (Phi) is 2.92. The molecule has 3 saturated carbocycles. The molecule has 0 aromatic carbocycles. The van der Waals surface area contributed by atoms with Crippen molar-refractivity contribution in [2.45, 2.75) is 64.5 Å². The third kappa shape index (κ3) is 2.07. The van der Waals surface area contributed by atoms with Gasteiger partial charge >= 0.3 is 0 Å². The Balaban J connectivity index is 1.86. The van der Waals surface area contributed by atoms with Gasteiger partial charge in [-0.25, -0.2) is 0 Å². The molecule has 1 heteroatoms. The fourth-order valence-electron chi connectivity index (χ4n) is 3.07. The molecule has 0 aromatic heterocycles. The summed E-state index contributed by atoms with van der Waals surface area (Å²) < 4.78 is 0. The first-order valence-electron chi connectivity index (χ1n) is 6.05. The van der Waals surface area contributed by atoms with Gasteiger partial charge in [0.2, 0.25) is 0 Å². The topological polar surface area (TPSA) is 12.0 Å². The molecule has 2 bridgehead atoms. The summed E-state index contributed by atoms with van der Waals surface area (Å²) >= 11 is 0. The second-order valence-corrected chi connectivity index (χ2v) is 5.10. The Hall–Kier alpha value is -0.0400. The molecule has 3 fully saturated rings. The molecule has 0 heterocycles. The molecule has 1 nitrogen and oxygen atoms in total. The fraction of sp³-hybridized carbons (Fsp3) is 1.00. The number of fused-ring (bicyclic) bond motifs is 3. The first-order chi connectivity index (χ1) is 6.29. The van der Waals surface area contributed by atoms with Gasteiger partial charge in [0.25, 0.3) is 0 Å². The van der Waals surface area contributed by atoms with E-state index in [0.29, 0.717) is 0 Å². The van der Waals surface area contributed by atoms with Crippen LogP contribution >= 0.6 is 0 Å². The highest BCUT2D eigenvalue weighted by molar-refractivity contribution is 4.91. The highest BCUT2D eigenvalue weighted by atomic mass is 15.0. The van der Waals surface area contributed by atoms with E-state index in [0.717, 1.165) is 23.9 Å². The van der Waals surface area contributed by atoms with Crippen LogP contribution in [-0.4, -0.2) is 12.1 Å². The molecule has 3 aliphatic carbocycles. The van der Waals surface area contributed by atoms with E-state index in [9.17, 15) is 0 Å². The van der Waals surface area contributed by atoms with Crippen LogP contribution in [-0.2, 0) is 0 Å². The Morgan fingerprint density at radius 2 is 1.92 bits per heavy atom. The van der Waals surface area contributed by atoms with Crippen molar-refractivity contribution in [2.24, 2.45) is 11.8 Å². The van der Waals surface area contributed by atoms with Gasteiger partial charge in [-0.3, -0.25) is 0 Å². The third-order valence-electron chi connectivity index (χ3n) is 4.16. The molecule has 0 aliphatic heterocycles. The van der Waals surface area contributed by atoms with Crippen LogP contribution < -0.4 is 5.32 Å². The standard InChI is InChI=1S/C12H23N/c1-3-9(2)13-12-8-10-4-6-11(12)7-5-10/h9-13H,3-8H2,1-2H3. The smallest absolute Gasteiger partial charge is 0.0100 e. The van der Waals surface area contributed by atoms with Crippen LogP contribution in [0.2, 0.25) is 0 Å². The summed E-state index contributed by atoms with van der Waals surface area (Å²) in [5.74, 6) is 2.07. The lowest BCUT2D eigenvalue weighted by molar-refractivity contribution is 0.117. The van der Waals surface area contributed by atoms with Crippen molar-refractivity contribution in [1.29, 1.82) is 0 Å². The van der Waals surface area contributed by atoms with Gasteiger partial charge in [0.1, 0.15) is 0 Å². The van der Waals surface area contributed by atoms with E-state index in [1.54, 1.807) is 0 Å². The molecule has 0 amide bonds. The van der Waals surface area contributed by atoms with Crippen LogP contribution in [0.5, 0.6) is 0 Å². The van der Waals surface area contributed by atoms with Gasteiger partial charge in [-0.15, -0.1) is 0 Å². The molecule has 2 unspecified atom stereocenters. The lowest BCUT2D eigenvalue weighted by atomic mass is 9.68. The van der Waals surface area contributed by atoms with E-state index in [-0.39, 0.29) is 0 Å². The van der Waals surface area contributed by atoms with Crippen molar-refractivity contribution in [3.05, 3.63) is 0 Å². The van der Waals surface area contributed by atoms with E-state index in [2.05, 4.69) is 19.2 Å². The summed E-state index contributed by atoms with van der Waals surface area (Å²) in [6.45, 7) is 4.60. The molecule has 0 aromatic rings. The predicted molar refractivity (Wildman–Crippen MR) is 56.7 cm³/mol. The Morgan fingerprint density at radius 1 is 1.23 bits per heavy atom. The van der Waals surface area contributed by atoms with Crippen molar-refractivity contribution in [3.63, 3.8) is 0 Å². The highest BCUT2D eigenvalue weighted by Gasteiger charge is 2.35. The second-order valence-electron chi connectivity index (χ2n) is 5.10. The predicted octanol–water partition coefficient (Wildman–Crippen LogP) is 2.95. The highest BCUT2D eigenvalue weighted by Crippen LogP contribution is 2.41. The maximum absolute atomic E-state index is 3.80. The zero-order valence-corrected chi connectivity index (χ0v) is 9.05. The maximum Gasteiger partial charge on any atom is 0.0100 e. The van der Waals surface area contributed by atoms with Crippen molar-refractivity contribution in [2.75, 3.05) is 0 Å². The van der Waals surface area contributed by atoms with Gasteiger partial charge in [0.15, 0.2) is 0 Å². The molecule has 0 radical (unpaired) electrons. The summed E-state index contributed by atoms with van der Waals surface area (Å²) in [5.41, 5.74) is 0. The first kappa shape index (κ1) is 9.51. The van der Waals surface area contributed by atoms with Gasteiger partial charge in [-0.1, -0.05) is 19.8 Å². The number of hydrogen-bond donors (Lipinski definition) is 1. The Morgan fingerprint density at radius 3 is 2.38 bits per heavy atom. The average Bonchev–Trinajstić information content (AvgIpc) is 2.19. The quantitative estimate of drug-likeness (QED) is 0.706. The molecule has 1 N–H and O–H groups in total. The summed E-state index contributed by atoms with van der Waals surface area (Å²) in [4.78, 5) is 0. The van der Waals surface area contributed by atoms with Crippen LogP contribution in [0.1, 0.15) is 52.4 Å². The van der Waals surface area contributed by atoms with E-state index >= 15 is 0 Å². The van der Waals surface area contributed by atoms with E-state index in [1.807, 2.05) is 0 Å². The normalized spacial score (nSPS) is 40.6. The van der Waals surface area contributed by atoms with Crippen LogP contribution in [0.4, 0.5) is 0 Å². The van der Waals surface area contributed by atoms with Crippen LogP contribution in [0.25, 0.3) is 0 Å². The van der Waals surface area contributed by atoms with Crippen LogP contribution in [0.15, 0.2) is 0 Å². The van der Waals surface area contributed by atoms with Crippen LogP contribution in [0.3, 0.4) is 0 Å². The molecular formula is C12H23N. The lowest BCUT2D eigenvalue weighted by Crippen LogP contribution is -2.47. The summed E-state index contributed by atoms with van der Waals surface area (Å²) in [5, 5.41) is 3.80. The molecule has 0 spiro atoms. The van der Waals surface area contributed by atoms with Gasteiger partial charge in [-0.05, 0) is 44.4 Å². The minimum Gasteiger partial charge on any atom is -0.311 e. The monoisotopic (exact) mass is 181 g/mol. The molecule has 3 rings (SSSR count). The van der Waals surface area contributed by atoms with Crippen molar-refractivity contribution in [3.8, 4) is 0 Å². The first-order valence-corrected chi connectivity index (χ1v) is 6.05. The van der Waals surface area contributed by atoms with Crippen LogP contribution in [0, 0.1) is 11.8 Å². The second kappa shape index (κ2) is 4.00.